The van der Waals surface area contributed by atoms with Crippen molar-refractivity contribution in [3.05, 3.63) is 59.2 Å². The molecule has 0 unspecified atom stereocenters. The molecule has 0 radical (unpaired) electrons. The van der Waals surface area contributed by atoms with Gasteiger partial charge in [0.2, 0.25) is 0 Å². The number of benzene rings is 2. The van der Waals surface area contributed by atoms with Crippen molar-refractivity contribution in [2.45, 2.75) is 19.4 Å². The molecule has 1 heterocycles. The van der Waals surface area contributed by atoms with Crippen LogP contribution < -0.4 is 14.2 Å². The molecule has 5 heteroatoms. The van der Waals surface area contributed by atoms with Gasteiger partial charge < -0.3 is 14.2 Å². The van der Waals surface area contributed by atoms with Crippen molar-refractivity contribution < 1.29 is 23.8 Å². The van der Waals surface area contributed by atoms with E-state index in [0.29, 0.717) is 23.2 Å². The molecule has 3 rings (SSSR count). The monoisotopic (exact) mass is 338 g/mol. The van der Waals surface area contributed by atoms with Gasteiger partial charge in [-0.05, 0) is 38.1 Å². The minimum absolute atomic E-state index is 0.130. The molecule has 0 saturated heterocycles. The smallest absolute Gasteiger partial charge is 0.343 e. The average Bonchev–Trinajstić information content (AvgIpc) is 2.60. The number of rotatable bonds is 4. The van der Waals surface area contributed by atoms with Crippen LogP contribution in [-0.4, -0.2) is 25.0 Å². The number of hydrogen-bond acceptors (Lipinski definition) is 5. The van der Waals surface area contributed by atoms with Gasteiger partial charge in [0, 0.05) is 6.07 Å². The maximum Gasteiger partial charge on any atom is 0.343 e. The van der Waals surface area contributed by atoms with E-state index < -0.39 is 11.6 Å². The number of esters is 1. The third-order valence-corrected chi connectivity index (χ3v) is 3.85. The highest BCUT2D eigenvalue weighted by Crippen LogP contribution is 2.43. The summed E-state index contributed by atoms with van der Waals surface area (Å²) in [5.74, 6) is 0.351. The van der Waals surface area contributed by atoms with Gasteiger partial charge >= 0.3 is 5.97 Å². The van der Waals surface area contributed by atoms with Crippen molar-refractivity contribution in [1.29, 1.82) is 0 Å². The van der Waals surface area contributed by atoms with Crippen LogP contribution in [0.3, 0.4) is 0 Å². The first kappa shape index (κ1) is 16.8. The van der Waals surface area contributed by atoms with Gasteiger partial charge in [-0.1, -0.05) is 18.2 Å². The molecule has 0 saturated carbocycles. The highest BCUT2D eigenvalue weighted by molar-refractivity contribution is 5.95. The lowest BCUT2D eigenvalue weighted by atomic mass is 9.99. The summed E-state index contributed by atoms with van der Waals surface area (Å²) in [5, 5.41) is 0. The Morgan fingerprint density at radius 1 is 1.20 bits per heavy atom. The second-order valence-electron chi connectivity index (χ2n) is 6.15. The number of carbonyl (C=O) groups excluding carboxylic acids is 2. The van der Waals surface area contributed by atoms with Crippen LogP contribution >= 0.6 is 0 Å². The Hall–Kier alpha value is -3.08. The summed E-state index contributed by atoms with van der Waals surface area (Å²) in [4.78, 5) is 24.1. The van der Waals surface area contributed by atoms with Gasteiger partial charge in [-0.3, -0.25) is 4.79 Å². The van der Waals surface area contributed by atoms with Crippen molar-refractivity contribution in [2.75, 3.05) is 7.11 Å². The molecule has 0 aliphatic carbocycles. The van der Waals surface area contributed by atoms with Crippen LogP contribution in [0, 0.1) is 0 Å². The lowest BCUT2D eigenvalue weighted by Crippen LogP contribution is -2.28. The molecule has 0 spiro atoms. The molecule has 25 heavy (non-hydrogen) atoms. The van der Waals surface area contributed by atoms with E-state index in [0.717, 1.165) is 0 Å². The summed E-state index contributed by atoms with van der Waals surface area (Å²) in [6.07, 6.45) is 4.25. The Morgan fingerprint density at radius 2 is 1.92 bits per heavy atom. The van der Waals surface area contributed by atoms with Gasteiger partial charge in [-0.15, -0.1) is 0 Å². The Morgan fingerprint density at radius 3 is 2.56 bits per heavy atom. The van der Waals surface area contributed by atoms with Crippen LogP contribution in [0.2, 0.25) is 0 Å². The first-order valence-corrected chi connectivity index (χ1v) is 7.81. The van der Waals surface area contributed by atoms with E-state index in [2.05, 4.69) is 0 Å². The molecule has 0 aromatic heterocycles. The highest BCUT2D eigenvalue weighted by atomic mass is 16.5. The van der Waals surface area contributed by atoms with Crippen molar-refractivity contribution in [3.8, 4) is 17.2 Å². The van der Waals surface area contributed by atoms with Gasteiger partial charge in [-0.2, -0.15) is 0 Å². The molecule has 0 N–H and O–H groups in total. The summed E-state index contributed by atoms with van der Waals surface area (Å²) in [7, 11) is 1.45. The van der Waals surface area contributed by atoms with E-state index in [9.17, 15) is 9.59 Å². The summed E-state index contributed by atoms with van der Waals surface area (Å²) >= 11 is 0. The second kappa shape index (κ2) is 6.43. The topological polar surface area (TPSA) is 61.8 Å². The lowest BCUT2D eigenvalue weighted by Gasteiger charge is -2.29. The number of ether oxygens (including phenoxy) is 3. The van der Waals surface area contributed by atoms with Crippen LogP contribution in [0.4, 0.5) is 0 Å². The molecule has 1 aliphatic heterocycles. The van der Waals surface area contributed by atoms with Gasteiger partial charge in [0.05, 0.1) is 23.8 Å². The quantitative estimate of drug-likeness (QED) is 0.480. The molecule has 128 valence electrons. The summed E-state index contributed by atoms with van der Waals surface area (Å²) < 4.78 is 16.7. The normalized spacial score (nSPS) is 14.2. The van der Waals surface area contributed by atoms with Crippen LogP contribution in [0.25, 0.3) is 6.08 Å². The van der Waals surface area contributed by atoms with Crippen LogP contribution in [0.15, 0.2) is 42.5 Å². The van der Waals surface area contributed by atoms with Gasteiger partial charge in [0.15, 0.2) is 12.0 Å². The zero-order valence-electron chi connectivity index (χ0n) is 14.2. The molecular weight excluding hydrogens is 320 g/mol. The molecular formula is C20H18O5. The Balaban J connectivity index is 2.11. The number of aldehydes is 1. The third kappa shape index (κ3) is 3.26. The first-order chi connectivity index (χ1) is 11.9. The largest absolute Gasteiger partial charge is 0.496 e. The third-order valence-electron chi connectivity index (χ3n) is 3.85. The zero-order chi connectivity index (χ0) is 18.0. The van der Waals surface area contributed by atoms with E-state index in [1.807, 2.05) is 19.9 Å². The minimum atomic E-state index is -0.558. The first-order valence-electron chi connectivity index (χ1n) is 7.81. The second-order valence-corrected chi connectivity index (χ2v) is 6.15. The van der Waals surface area contributed by atoms with Crippen LogP contribution in [-0.2, 0) is 0 Å². The maximum atomic E-state index is 12.5. The van der Waals surface area contributed by atoms with Gasteiger partial charge in [0.25, 0.3) is 0 Å². The summed E-state index contributed by atoms with van der Waals surface area (Å²) in [6, 6.07) is 10.2. The predicted molar refractivity (Wildman–Crippen MR) is 93.5 cm³/mol. The molecule has 1 aliphatic rings. The number of methoxy groups -OCH3 is 1. The average molecular weight is 338 g/mol. The molecule has 2 aromatic rings. The fraction of sp³-hybridized carbons (Fsp3) is 0.200. The Kier molecular flexibility index (Phi) is 4.31. The molecule has 5 nitrogen and oxygen atoms in total. The number of hydrogen-bond donors (Lipinski definition) is 0. The van der Waals surface area contributed by atoms with Crippen LogP contribution in [0.5, 0.6) is 17.2 Å². The Labute approximate surface area is 145 Å². The molecule has 0 bridgehead atoms. The standard InChI is InChI=1S/C20H18O5/c1-20(2)10-9-14-17(25-20)11-16(23-3)15(12-21)18(14)24-19(22)13-7-5-4-6-8-13/h4-12H,1-3H3. The lowest BCUT2D eigenvalue weighted by molar-refractivity contribution is 0.0731. The van der Waals surface area contributed by atoms with Crippen molar-refractivity contribution in [1.82, 2.24) is 0 Å². The van der Waals surface area contributed by atoms with Crippen LogP contribution in [0.1, 0.15) is 40.1 Å². The fourth-order valence-electron chi connectivity index (χ4n) is 2.60. The van der Waals surface area contributed by atoms with E-state index in [1.165, 1.54) is 7.11 Å². The van der Waals surface area contributed by atoms with E-state index >= 15 is 0 Å². The number of carbonyl (C=O) groups is 2. The van der Waals surface area contributed by atoms with E-state index in [-0.39, 0.29) is 17.1 Å². The van der Waals surface area contributed by atoms with Crippen molar-refractivity contribution in [3.63, 3.8) is 0 Å². The molecule has 2 aromatic carbocycles. The highest BCUT2D eigenvalue weighted by Gasteiger charge is 2.28. The molecule has 0 fully saturated rings. The fourth-order valence-corrected chi connectivity index (χ4v) is 2.60. The van der Waals surface area contributed by atoms with Gasteiger partial charge in [-0.25, -0.2) is 4.79 Å². The maximum absolute atomic E-state index is 12.5. The van der Waals surface area contributed by atoms with Gasteiger partial charge in [0.1, 0.15) is 17.1 Å². The summed E-state index contributed by atoms with van der Waals surface area (Å²) in [6.45, 7) is 3.81. The molecule has 0 amide bonds. The number of fused-ring (bicyclic) bond motifs is 1. The minimum Gasteiger partial charge on any atom is -0.496 e. The van der Waals surface area contributed by atoms with E-state index in [4.69, 9.17) is 14.2 Å². The SMILES string of the molecule is COc1cc2c(c(OC(=O)c3ccccc3)c1C=O)C=CC(C)(C)O2. The van der Waals surface area contributed by atoms with Crippen molar-refractivity contribution in [2.24, 2.45) is 0 Å². The van der Waals surface area contributed by atoms with E-state index in [1.54, 1.807) is 42.5 Å². The Bertz CT molecular complexity index is 850. The zero-order valence-corrected chi connectivity index (χ0v) is 14.2. The summed E-state index contributed by atoms with van der Waals surface area (Å²) in [5.41, 5.74) is 0.573. The predicted octanol–water partition coefficient (Wildman–Crippen LogP) is 3.91. The molecule has 0 atom stereocenters. The van der Waals surface area contributed by atoms with Crippen molar-refractivity contribution >= 4 is 18.3 Å².